The molecule has 2 aliphatic heterocycles. The molecule has 2 fully saturated rings. The summed E-state index contributed by atoms with van der Waals surface area (Å²) in [6, 6.07) is 4.50. The Hall–Kier alpha value is -1.46. The highest BCUT2D eigenvalue weighted by Crippen LogP contribution is 2.19. The zero-order chi connectivity index (χ0) is 13.8. The van der Waals surface area contributed by atoms with E-state index in [4.69, 9.17) is 4.74 Å². The standard InChI is InChI=1S/C15H21N3O2/c19-15-12-20-9-8-18(15)14-3-6-17(7-4-14)11-13-2-1-5-16-10-13/h1-2,5,10,14H,3-4,6-9,11-12H2. The third-order valence-corrected chi connectivity index (χ3v) is 4.15. The van der Waals surface area contributed by atoms with Gasteiger partial charge in [-0.3, -0.25) is 14.7 Å². The first-order valence-corrected chi connectivity index (χ1v) is 7.31. The SMILES string of the molecule is O=C1COCCN1C1CCN(Cc2cccnc2)CC1. The van der Waals surface area contributed by atoms with Crippen molar-refractivity contribution in [2.75, 3.05) is 32.8 Å². The average molecular weight is 275 g/mol. The number of carbonyl (C=O) groups is 1. The molecule has 0 aromatic carbocycles. The summed E-state index contributed by atoms with van der Waals surface area (Å²) >= 11 is 0. The lowest BCUT2D eigenvalue weighted by molar-refractivity contribution is -0.146. The monoisotopic (exact) mass is 275 g/mol. The molecule has 0 saturated carbocycles. The zero-order valence-corrected chi connectivity index (χ0v) is 11.7. The normalized spacial score (nSPS) is 22.2. The van der Waals surface area contributed by atoms with Gasteiger partial charge in [-0.2, -0.15) is 0 Å². The third-order valence-electron chi connectivity index (χ3n) is 4.15. The Balaban J connectivity index is 1.50. The molecule has 5 heteroatoms. The summed E-state index contributed by atoms with van der Waals surface area (Å²) < 4.78 is 5.19. The number of amides is 1. The Morgan fingerprint density at radius 3 is 2.85 bits per heavy atom. The van der Waals surface area contributed by atoms with E-state index in [1.54, 1.807) is 6.20 Å². The van der Waals surface area contributed by atoms with Gasteiger partial charge in [-0.25, -0.2) is 0 Å². The fourth-order valence-electron chi connectivity index (χ4n) is 3.06. The summed E-state index contributed by atoms with van der Waals surface area (Å²) in [7, 11) is 0. The van der Waals surface area contributed by atoms with Gasteiger partial charge >= 0.3 is 0 Å². The van der Waals surface area contributed by atoms with Gasteiger partial charge in [0, 0.05) is 44.6 Å². The van der Waals surface area contributed by atoms with Crippen LogP contribution in [0.2, 0.25) is 0 Å². The van der Waals surface area contributed by atoms with Crippen LogP contribution in [0.5, 0.6) is 0 Å². The van der Waals surface area contributed by atoms with Crippen molar-refractivity contribution in [2.24, 2.45) is 0 Å². The van der Waals surface area contributed by atoms with E-state index in [1.807, 2.05) is 17.2 Å². The molecule has 0 aliphatic carbocycles. The van der Waals surface area contributed by atoms with Crippen molar-refractivity contribution in [3.8, 4) is 0 Å². The van der Waals surface area contributed by atoms with E-state index in [0.29, 0.717) is 12.6 Å². The Bertz CT molecular complexity index is 444. The van der Waals surface area contributed by atoms with Crippen molar-refractivity contribution in [3.05, 3.63) is 30.1 Å². The number of likely N-dealkylation sites (tertiary alicyclic amines) is 1. The molecule has 2 saturated heterocycles. The van der Waals surface area contributed by atoms with Gasteiger partial charge in [-0.1, -0.05) is 6.07 Å². The quantitative estimate of drug-likeness (QED) is 0.822. The molecule has 0 spiro atoms. The lowest BCUT2D eigenvalue weighted by Gasteiger charge is -2.40. The first-order valence-electron chi connectivity index (χ1n) is 7.31. The van der Waals surface area contributed by atoms with Crippen molar-refractivity contribution in [1.29, 1.82) is 0 Å². The maximum Gasteiger partial charge on any atom is 0.248 e. The number of pyridine rings is 1. The second-order valence-electron chi connectivity index (χ2n) is 5.51. The zero-order valence-electron chi connectivity index (χ0n) is 11.7. The van der Waals surface area contributed by atoms with Gasteiger partial charge in [0.05, 0.1) is 6.61 Å². The van der Waals surface area contributed by atoms with Crippen LogP contribution in [-0.2, 0) is 16.1 Å². The van der Waals surface area contributed by atoms with Gasteiger partial charge in [0.15, 0.2) is 0 Å². The fourth-order valence-corrected chi connectivity index (χ4v) is 3.06. The van der Waals surface area contributed by atoms with E-state index in [-0.39, 0.29) is 12.5 Å². The molecule has 0 atom stereocenters. The van der Waals surface area contributed by atoms with Crippen molar-refractivity contribution in [2.45, 2.75) is 25.4 Å². The van der Waals surface area contributed by atoms with Crippen LogP contribution in [0, 0.1) is 0 Å². The van der Waals surface area contributed by atoms with Gasteiger partial charge in [0.25, 0.3) is 0 Å². The predicted octanol–water partition coefficient (Wildman–Crippen LogP) is 0.905. The summed E-state index contributed by atoms with van der Waals surface area (Å²) in [6.45, 7) is 4.75. The summed E-state index contributed by atoms with van der Waals surface area (Å²) in [5.41, 5.74) is 1.26. The molecule has 20 heavy (non-hydrogen) atoms. The molecule has 1 aromatic heterocycles. The Morgan fingerprint density at radius 2 is 2.15 bits per heavy atom. The van der Waals surface area contributed by atoms with Crippen molar-refractivity contribution < 1.29 is 9.53 Å². The number of morpholine rings is 1. The first kappa shape index (κ1) is 13.5. The molecule has 3 heterocycles. The largest absolute Gasteiger partial charge is 0.370 e. The Labute approximate surface area is 119 Å². The van der Waals surface area contributed by atoms with Crippen molar-refractivity contribution in [3.63, 3.8) is 0 Å². The second kappa shape index (κ2) is 6.33. The van der Waals surface area contributed by atoms with E-state index in [0.717, 1.165) is 39.0 Å². The molecule has 0 radical (unpaired) electrons. The lowest BCUT2D eigenvalue weighted by atomic mass is 10.0. The molecule has 1 aromatic rings. The average Bonchev–Trinajstić information content (AvgIpc) is 2.50. The number of carbonyl (C=O) groups excluding carboxylic acids is 1. The van der Waals surface area contributed by atoms with E-state index in [9.17, 15) is 4.79 Å². The molecule has 0 unspecified atom stereocenters. The van der Waals surface area contributed by atoms with E-state index in [2.05, 4.69) is 16.0 Å². The number of hydrogen-bond donors (Lipinski definition) is 0. The van der Waals surface area contributed by atoms with Gasteiger partial charge < -0.3 is 9.64 Å². The van der Waals surface area contributed by atoms with Crippen LogP contribution in [-0.4, -0.2) is 59.6 Å². The van der Waals surface area contributed by atoms with Gasteiger partial charge in [-0.05, 0) is 24.5 Å². The summed E-state index contributed by atoms with van der Waals surface area (Å²) in [6.07, 6.45) is 5.86. The van der Waals surface area contributed by atoms with E-state index in [1.165, 1.54) is 5.56 Å². The third kappa shape index (κ3) is 3.16. The maximum atomic E-state index is 11.8. The number of ether oxygens (including phenoxy) is 1. The number of aromatic nitrogens is 1. The number of nitrogens with zero attached hydrogens (tertiary/aromatic N) is 3. The van der Waals surface area contributed by atoms with Crippen LogP contribution in [0.3, 0.4) is 0 Å². The van der Waals surface area contributed by atoms with Crippen LogP contribution in [0.15, 0.2) is 24.5 Å². The van der Waals surface area contributed by atoms with Crippen LogP contribution in [0.25, 0.3) is 0 Å². The van der Waals surface area contributed by atoms with Crippen LogP contribution < -0.4 is 0 Å². The summed E-state index contributed by atoms with van der Waals surface area (Å²) in [5, 5.41) is 0. The molecule has 0 bridgehead atoms. The Kier molecular flexibility index (Phi) is 4.28. The fraction of sp³-hybridized carbons (Fsp3) is 0.600. The molecule has 108 valence electrons. The number of piperidine rings is 1. The first-order chi connectivity index (χ1) is 9.83. The number of hydrogen-bond acceptors (Lipinski definition) is 4. The minimum Gasteiger partial charge on any atom is -0.370 e. The second-order valence-corrected chi connectivity index (χ2v) is 5.51. The van der Waals surface area contributed by atoms with Gasteiger partial charge in [0.2, 0.25) is 5.91 Å². The number of rotatable bonds is 3. The summed E-state index contributed by atoms with van der Waals surface area (Å²) in [5.74, 6) is 0.155. The highest BCUT2D eigenvalue weighted by Gasteiger charge is 2.29. The lowest BCUT2D eigenvalue weighted by Crippen LogP contribution is -2.51. The van der Waals surface area contributed by atoms with E-state index >= 15 is 0 Å². The smallest absolute Gasteiger partial charge is 0.248 e. The van der Waals surface area contributed by atoms with Crippen LogP contribution in [0.4, 0.5) is 0 Å². The predicted molar refractivity (Wildman–Crippen MR) is 75.1 cm³/mol. The van der Waals surface area contributed by atoms with Crippen molar-refractivity contribution in [1.82, 2.24) is 14.8 Å². The Morgan fingerprint density at radius 1 is 1.30 bits per heavy atom. The molecule has 3 rings (SSSR count). The molecular weight excluding hydrogens is 254 g/mol. The minimum absolute atomic E-state index is 0.155. The topological polar surface area (TPSA) is 45.7 Å². The highest BCUT2D eigenvalue weighted by molar-refractivity contribution is 5.78. The minimum atomic E-state index is 0.155. The maximum absolute atomic E-state index is 11.8. The molecule has 2 aliphatic rings. The van der Waals surface area contributed by atoms with Gasteiger partial charge in [-0.15, -0.1) is 0 Å². The molecule has 0 N–H and O–H groups in total. The van der Waals surface area contributed by atoms with Crippen molar-refractivity contribution >= 4 is 5.91 Å². The van der Waals surface area contributed by atoms with Gasteiger partial charge in [0.1, 0.15) is 6.61 Å². The molecular formula is C15H21N3O2. The van der Waals surface area contributed by atoms with Crippen LogP contribution in [0.1, 0.15) is 18.4 Å². The highest BCUT2D eigenvalue weighted by atomic mass is 16.5. The molecule has 1 amide bonds. The molecule has 5 nitrogen and oxygen atoms in total. The summed E-state index contributed by atoms with van der Waals surface area (Å²) in [4.78, 5) is 20.5. The van der Waals surface area contributed by atoms with E-state index < -0.39 is 0 Å². The van der Waals surface area contributed by atoms with Crippen LogP contribution >= 0.6 is 0 Å².